The van der Waals surface area contributed by atoms with Crippen molar-refractivity contribution in [1.29, 1.82) is 0 Å². The van der Waals surface area contributed by atoms with Gasteiger partial charge in [0.15, 0.2) is 0 Å². The average Bonchev–Trinajstić information content (AvgIpc) is 2.34. The quantitative estimate of drug-likeness (QED) is 0.751. The molecule has 0 radical (unpaired) electrons. The lowest BCUT2D eigenvalue weighted by Crippen LogP contribution is -2.24. The zero-order valence-corrected chi connectivity index (χ0v) is 11.4. The summed E-state index contributed by atoms with van der Waals surface area (Å²) in [6.45, 7) is 3.16. The van der Waals surface area contributed by atoms with Crippen molar-refractivity contribution >= 4 is 11.8 Å². The minimum atomic E-state index is -0.949. The summed E-state index contributed by atoms with van der Waals surface area (Å²) in [5.41, 5.74) is 0.127. The van der Waals surface area contributed by atoms with Gasteiger partial charge in [-0.2, -0.15) is 11.8 Å². The topological polar surface area (TPSA) is 32.3 Å². The fraction of sp³-hybridized carbons (Fsp3) is 0.538. The summed E-state index contributed by atoms with van der Waals surface area (Å²) in [5, 5.41) is 13.4. The average molecular weight is 275 g/mol. The maximum atomic E-state index is 13.4. The number of hydrogen-bond acceptors (Lipinski definition) is 3. The number of halogens is 2. The molecule has 5 heteroatoms. The van der Waals surface area contributed by atoms with E-state index in [2.05, 4.69) is 12.2 Å². The molecule has 0 heterocycles. The number of rotatable bonds is 7. The lowest BCUT2D eigenvalue weighted by molar-refractivity contribution is 0.170. The van der Waals surface area contributed by atoms with Crippen LogP contribution in [0.25, 0.3) is 0 Å². The zero-order valence-electron chi connectivity index (χ0n) is 10.6. The highest BCUT2D eigenvalue weighted by atomic mass is 32.2. The van der Waals surface area contributed by atoms with Gasteiger partial charge in [0.25, 0.3) is 0 Å². The number of benzene rings is 1. The van der Waals surface area contributed by atoms with Gasteiger partial charge < -0.3 is 10.4 Å². The summed E-state index contributed by atoms with van der Waals surface area (Å²) in [5.74, 6) is -1.34. The Kier molecular flexibility index (Phi) is 6.60. The molecule has 0 spiro atoms. The predicted octanol–water partition coefficient (Wildman–Crippen LogP) is 2.73. The van der Waals surface area contributed by atoms with E-state index in [1.165, 1.54) is 6.07 Å². The lowest BCUT2D eigenvalue weighted by atomic mass is 10.1. The SMILES string of the molecule is CSC(C)CCNCC(O)c1ccc(F)cc1F. The van der Waals surface area contributed by atoms with Gasteiger partial charge in [0.05, 0.1) is 6.10 Å². The Morgan fingerprint density at radius 3 is 2.72 bits per heavy atom. The van der Waals surface area contributed by atoms with Gasteiger partial charge in [-0.15, -0.1) is 0 Å². The fourth-order valence-electron chi connectivity index (χ4n) is 1.54. The third-order valence-corrected chi connectivity index (χ3v) is 3.83. The number of thioether (sulfide) groups is 1. The molecule has 0 aromatic heterocycles. The smallest absolute Gasteiger partial charge is 0.131 e. The third kappa shape index (κ3) is 4.92. The molecule has 0 bridgehead atoms. The van der Waals surface area contributed by atoms with Crippen molar-refractivity contribution in [3.63, 3.8) is 0 Å². The van der Waals surface area contributed by atoms with Crippen LogP contribution in [0, 0.1) is 11.6 Å². The highest BCUT2D eigenvalue weighted by molar-refractivity contribution is 7.99. The lowest BCUT2D eigenvalue weighted by Gasteiger charge is -2.14. The van der Waals surface area contributed by atoms with Crippen molar-refractivity contribution in [3.8, 4) is 0 Å². The summed E-state index contributed by atoms with van der Waals surface area (Å²) in [6.07, 6.45) is 2.09. The van der Waals surface area contributed by atoms with Crippen LogP contribution in [0.5, 0.6) is 0 Å². The second kappa shape index (κ2) is 7.71. The summed E-state index contributed by atoms with van der Waals surface area (Å²) >= 11 is 1.78. The van der Waals surface area contributed by atoms with Crippen molar-refractivity contribution in [2.75, 3.05) is 19.3 Å². The Balaban J connectivity index is 2.38. The van der Waals surface area contributed by atoms with Crippen LogP contribution in [0.4, 0.5) is 8.78 Å². The number of aliphatic hydroxyl groups excluding tert-OH is 1. The summed E-state index contributed by atoms with van der Waals surface area (Å²) in [7, 11) is 0. The summed E-state index contributed by atoms with van der Waals surface area (Å²) in [4.78, 5) is 0. The van der Waals surface area contributed by atoms with E-state index in [4.69, 9.17) is 0 Å². The van der Waals surface area contributed by atoms with Crippen LogP contribution >= 0.6 is 11.8 Å². The van der Waals surface area contributed by atoms with Crippen molar-refractivity contribution in [3.05, 3.63) is 35.4 Å². The van der Waals surface area contributed by atoms with Crippen LogP contribution in [0.15, 0.2) is 18.2 Å². The molecule has 0 saturated heterocycles. The van der Waals surface area contributed by atoms with Gasteiger partial charge >= 0.3 is 0 Å². The van der Waals surface area contributed by atoms with Crippen molar-refractivity contribution in [2.45, 2.75) is 24.7 Å². The molecule has 0 amide bonds. The maximum absolute atomic E-state index is 13.4. The van der Waals surface area contributed by atoms with Crippen LogP contribution in [0.2, 0.25) is 0 Å². The molecule has 1 rings (SSSR count). The molecule has 18 heavy (non-hydrogen) atoms. The molecule has 2 atom stereocenters. The molecule has 2 nitrogen and oxygen atoms in total. The van der Waals surface area contributed by atoms with Gasteiger partial charge in [0, 0.05) is 23.4 Å². The van der Waals surface area contributed by atoms with Crippen molar-refractivity contribution < 1.29 is 13.9 Å². The van der Waals surface area contributed by atoms with E-state index in [1.807, 2.05) is 6.26 Å². The van der Waals surface area contributed by atoms with Gasteiger partial charge in [-0.25, -0.2) is 8.78 Å². The molecule has 0 aliphatic carbocycles. The third-order valence-electron chi connectivity index (χ3n) is 2.79. The molecule has 2 unspecified atom stereocenters. The second-order valence-electron chi connectivity index (χ2n) is 4.22. The van der Waals surface area contributed by atoms with Gasteiger partial charge in [0.2, 0.25) is 0 Å². The summed E-state index contributed by atoms with van der Waals surface area (Å²) < 4.78 is 26.1. The molecular weight excluding hydrogens is 256 g/mol. The van der Waals surface area contributed by atoms with Crippen LogP contribution in [-0.4, -0.2) is 29.7 Å². The Bertz CT molecular complexity index is 376. The largest absolute Gasteiger partial charge is 0.387 e. The molecule has 0 aliphatic heterocycles. The van der Waals surface area contributed by atoms with Gasteiger partial charge in [0.1, 0.15) is 11.6 Å². The van der Waals surface area contributed by atoms with Crippen molar-refractivity contribution in [1.82, 2.24) is 5.32 Å². The number of aliphatic hydroxyl groups is 1. The normalized spacial score (nSPS) is 14.5. The van der Waals surface area contributed by atoms with Crippen LogP contribution < -0.4 is 5.32 Å². The Hall–Kier alpha value is -0.650. The Morgan fingerprint density at radius 1 is 1.39 bits per heavy atom. The van der Waals surface area contributed by atoms with E-state index >= 15 is 0 Å². The van der Waals surface area contributed by atoms with E-state index in [-0.39, 0.29) is 12.1 Å². The minimum absolute atomic E-state index is 0.127. The first-order valence-corrected chi connectivity index (χ1v) is 7.20. The second-order valence-corrected chi connectivity index (χ2v) is 5.50. The monoisotopic (exact) mass is 275 g/mol. The first kappa shape index (κ1) is 15.4. The number of hydrogen-bond donors (Lipinski definition) is 2. The molecular formula is C13H19F2NOS. The molecule has 1 aromatic carbocycles. The van der Waals surface area contributed by atoms with Crippen LogP contribution in [-0.2, 0) is 0 Å². The van der Waals surface area contributed by atoms with Crippen LogP contribution in [0.1, 0.15) is 25.0 Å². The van der Waals surface area contributed by atoms with Crippen molar-refractivity contribution in [2.24, 2.45) is 0 Å². The Morgan fingerprint density at radius 2 is 2.11 bits per heavy atom. The van der Waals surface area contributed by atoms with Gasteiger partial charge in [-0.05, 0) is 25.3 Å². The first-order valence-electron chi connectivity index (χ1n) is 5.91. The van der Waals surface area contributed by atoms with Gasteiger partial charge in [-0.1, -0.05) is 13.0 Å². The van der Waals surface area contributed by atoms with E-state index in [0.29, 0.717) is 5.25 Å². The molecule has 0 fully saturated rings. The zero-order chi connectivity index (χ0) is 13.5. The molecule has 0 saturated carbocycles. The van der Waals surface area contributed by atoms with E-state index in [0.717, 1.165) is 25.1 Å². The number of nitrogens with one attached hydrogen (secondary N) is 1. The highest BCUT2D eigenvalue weighted by Gasteiger charge is 2.13. The predicted molar refractivity (Wildman–Crippen MR) is 71.8 cm³/mol. The van der Waals surface area contributed by atoms with E-state index in [1.54, 1.807) is 11.8 Å². The molecule has 0 aliphatic rings. The van der Waals surface area contributed by atoms with E-state index < -0.39 is 17.7 Å². The summed E-state index contributed by atoms with van der Waals surface area (Å²) in [6, 6.07) is 3.22. The van der Waals surface area contributed by atoms with Gasteiger partial charge in [-0.3, -0.25) is 0 Å². The van der Waals surface area contributed by atoms with Crippen LogP contribution in [0.3, 0.4) is 0 Å². The van der Waals surface area contributed by atoms with E-state index in [9.17, 15) is 13.9 Å². The standard InChI is InChI=1S/C13H19F2NOS/c1-9(18-2)5-6-16-8-13(17)11-4-3-10(14)7-12(11)15/h3-4,7,9,13,16-17H,5-6,8H2,1-2H3. The minimum Gasteiger partial charge on any atom is -0.387 e. The molecule has 102 valence electrons. The molecule has 2 N–H and O–H groups in total. The highest BCUT2D eigenvalue weighted by Crippen LogP contribution is 2.17. The fourth-order valence-corrected chi connectivity index (χ4v) is 1.90. The Labute approximate surface area is 111 Å². The maximum Gasteiger partial charge on any atom is 0.131 e. The first-order chi connectivity index (χ1) is 8.54. The molecule has 1 aromatic rings.